The molecular formula is C37H34N3O7+. The molecule has 9 rings (SSSR count). The van der Waals surface area contributed by atoms with Gasteiger partial charge < -0.3 is 29.8 Å². The molecule has 6 heterocycles. The number of aromatic hydroxyl groups is 2. The Hall–Kier alpha value is -5.25. The van der Waals surface area contributed by atoms with Gasteiger partial charge in [0.15, 0.2) is 0 Å². The van der Waals surface area contributed by atoms with Crippen LogP contribution in [-0.4, -0.2) is 58.2 Å². The van der Waals surface area contributed by atoms with Gasteiger partial charge in [-0.2, -0.15) is 0 Å². The van der Waals surface area contributed by atoms with Crippen LogP contribution in [0.1, 0.15) is 79.8 Å². The Morgan fingerprint density at radius 3 is 2.30 bits per heavy atom. The third-order valence-corrected chi connectivity index (χ3v) is 10.4. The average Bonchev–Trinajstić information content (AvgIpc) is 3.40. The molecule has 0 fully saturated rings. The van der Waals surface area contributed by atoms with Crippen LogP contribution in [0.2, 0.25) is 0 Å². The number of carbonyl (C=O) groups is 2. The lowest BCUT2D eigenvalue weighted by Crippen LogP contribution is -2.45. The second-order valence-corrected chi connectivity index (χ2v) is 13.1. The van der Waals surface area contributed by atoms with Gasteiger partial charge in [0.2, 0.25) is 17.1 Å². The first-order chi connectivity index (χ1) is 22.9. The first-order valence-electron chi connectivity index (χ1n) is 16.5. The van der Waals surface area contributed by atoms with Crippen LogP contribution in [0, 0.1) is 0 Å². The van der Waals surface area contributed by atoms with E-state index in [0.29, 0.717) is 10.3 Å². The van der Waals surface area contributed by atoms with E-state index < -0.39 is 23.7 Å². The lowest BCUT2D eigenvalue weighted by molar-refractivity contribution is 0.0381. The minimum absolute atomic E-state index is 0.0286. The molecule has 0 radical (unpaired) electrons. The molecule has 10 nitrogen and oxygen atoms in total. The number of rotatable bonds is 4. The number of carbonyl (C=O) groups excluding carboxylic acids is 1. The van der Waals surface area contributed by atoms with E-state index in [0.717, 1.165) is 105 Å². The van der Waals surface area contributed by atoms with Crippen molar-refractivity contribution in [3.63, 3.8) is 0 Å². The Labute approximate surface area is 270 Å². The van der Waals surface area contributed by atoms with Crippen molar-refractivity contribution in [1.82, 2.24) is 9.31 Å². The van der Waals surface area contributed by atoms with Gasteiger partial charge in [0, 0.05) is 71.2 Å². The van der Waals surface area contributed by atoms with Crippen LogP contribution in [0.15, 0.2) is 42.5 Å². The highest BCUT2D eigenvalue weighted by Gasteiger charge is 2.36. The van der Waals surface area contributed by atoms with Gasteiger partial charge in [-0.25, -0.2) is 14.2 Å². The number of carboxylic acid groups (broad SMARTS) is 1. The van der Waals surface area contributed by atoms with Gasteiger partial charge in [0.1, 0.15) is 24.6 Å². The molecule has 0 amide bonds. The summed E-state index contributed by atoms with van der Waals surface area (Å²) in [5.41, 5.74) is 8.34. The van der Waals surface area contributed by atoms with E-state index in [1.54, 1.807) is 6.07 Å². The van der Waals surface area contributed by atoms with Gasteiger partial charge in [-0.3, -0.25) is 0 Å². The molecular weight excluding hydrogens is 598 g/mol. The molecule has 238 valence electrons. The Morgan fingerprint density at radius 1 is 0.787 bits per heavy atom. The highest BCUT2D eigenvalue weighted by Crippen LogP contribution is 2.48. The molecule has 0 saturated heterocycles. The number of aromatic carboxylic acids is 1. The summed E-state index contributed by atoms with van der Waals surface area (Å²) in [6.07, 6.45) is 7.88. The highest BCUT2D eigenvalue weighted by atomic mass is 16.7. The van der Waals surface area contributed by atoms with Crippen LogP contribution in [0.4, 0.5) is 5.69 Å². The number of hydrogen-bond acceptors (Lipinski definition) is 7. The summed E-state index contributed by atoms with van der Waals surface area (Å²) in [5, 5.41) is 32.7. The van der Waals surface area contributed by atoms with Gasteiger partial charge >= 0.3 is 11.9 Å². The summed E-state index contributed by atoms with van der Waals surface area (Å²) >= 11 is 0. The van der Waals surface area contributed by atoms with E-state index in [2.05, 4.69) is 21.6 Å². The molecule has 0 bridgehead atoms. The summed E-state index contributed by atoms with van der Waals surface area (Å²) < 4.78 is 10.1. The monoisotopic (exact) mass is 632 g/mol. The number of benzene rings is 3. The smallest absolute Gasteiger partial charge is 0.363 e. The lowest BCUT2D eigenvalue weighted by atomic mass is 9.81. The number of carboxylic acids is 1. The van der Waals surface area contributed by atoms with Crippen LogP contribution in [0.3, 0.4) is 0 Å². The third-order valence-electron chi connectivity index (χ3n) is 10.4. The maximum absolute atomic E-state index is 13.1. The number of aryl methyl sites for hydroxylation is 2. The summed E-state index contributed by atoms with van der Waals surface area (Å²) in [7, 11) is 0. The SMILES string of the molecule is O=C(On1c(O)ccc1O)c1ccc(C2=c3cc4c5c(c3Oc3c2cc2c6c3CCCN6CCC2)CCC[N+]=5CCC4)c(C(=O)O)c1. The highest BCUT2D eigenvalue weighted by molar-refractivity contribution is 6.02. The molecule has 3 aromatic carbocycles. The van der Waals surface area contributed by atoms with Gasteiger partial charge in [-0.05, 0) is 73.9 Å². The first kappa shape index (κ1) is 28.0. The van der Waals surface area contributed by atoms with Crippen LogP contribution in [-0.2, 0) is 25.7 Å². The molecule has 0 unspecified atom stereocenters. The van der Waals surface area contributed by atoms with Gasteiger partial charge in [0.25, 0.3) is 0 Å². The molecule has 5 aliphatic heterocycles. The summed E-state index contributed by atoms with van der Waals surface area (Å²) in [4.78, 5) is 33.8. The predicted octanol–water partition coefficient (Wildman–Crippen LogP) is 3.30. The van der Waals surface area contributed by atoms with E-state index in [-0.39, 0.29) is 11.1 Å². The van der Waals surface area contributed by atoms with E-state index >= 15 is 0 Å². The standard InChI is InChI=1S/C37H33N3O7/c41-29-11-12-30(42)40(29)47-37(45)22-9-10-23(26(19-22)36(43)44)31-27-17-20-5-1-13-38-15-3-7-24(32(20)38)34(27)46-35-25-8-4-16-39-14-2-6-21(33(25)39)18-28(31)35/h9-12,17-19H,1-8,13-16H2,(H2,43,44,45)/p+1. The number of anilines is 1. The van der Waals surface area contributed by atoms with Gasteiger partial charge in [0.05, 0.1) is 16.7 Å². The zero-order chi connectivity index (χ0) is 32.0. The van der Waals surface area contributed by atoms with Crippen molar-refractivity contribution in [2.45, 2.75) is 51.4 Å². The summed E-state index contributed by atoms with van der Waals surface area (Å²) in [6.45, 7) is 4.11. The lowest BCUT2D eigenvalue weighted by Gasteiger charge is -2.39. The Balaban J connectivity index is 1.32. The molecule has 0 spiro atoms. The Bertz CT molecular complexity index is 2170. The van der Waals surface area contributed by atoms with E-state index in [9.17, 15) is 24.9 Å². The number of fused-ring (bicyclic) bond motifs is 4. The number of hydrogen-bond donors (Lipinski definition) is 3. The van der Waals surface area contributed by atoms with E-state index in [1.807, 2.05) is 0 Å². The molecule has 10 heteroatoms. The summed E-state index contributed by atoms with van der Waals surface area (Å²) in [5.74, 6) is -1.39. The van der Waals surface area contributed by atoms with Gasteiger partial charge in [-0.1, -0.05) is 6.07 Å². The van der Waals surface area contributed by atoms with Crippen molar-refractivity contribution in [3.8, 4) is 23.3 Å². The minimum atomic E-state index is -1.18. The Kier molecular flexibility index (Phi) is 6.19. The fourth-order valence-electron chi connectivity index (χ4n) is 8.50. The van der Waals surface area contributed by atoms with E-state index in [4.69, 9.17) is 9.57 Å². The van der Waals surface area contributed by atoms with Crippen LogP contribution in [0.5, 0.6) is 23.3 Å². The van der Waals surface area contributed by atoms with Crippen molar-refractivity contribution < 1.29 is 34.5 Å². The molecule has 5 aliphatic rings. The van der Waals surface area contributed by atoms with Crippen molar-refractivity contribution in [3.05, 3.63) is 97.5 Å². The molecule has 0 saturated carbocycles. The maximum atomic E-state index is 13.1. The topological polar surface area (TPSA) is 124 Å². The quantitative estimate of drug-likeness (QED) is 0.258. The van der Waals surface area contributed by atoms with Gasteiger partial charge in [-0.15, -0.1) is 4.73 Å². The second-order valence-electron chi connectivity index (χ2n) is 13.1. The minimum Gasteiger partial charge on any atom is -0.492 e. The fraction of sp³-hybridized carbons (Fsp3) is 0.324. The molecule has 0 atom stereocenters. The maximum Gasteiger partial charge on any atom is 0.363 e. The van der Waals surface area contributed by atoms with Crippen molar-refractivity contribution in [1.29, 1.82) is 0 Å². The molecule has 3 N–H and O–H groups in total. The summed E-state index contributed by atoms with van der Waals surface area (Å²) in [6, 6.07) is 11.3. The van der Waals surface area contributed by atoms with Crippen molar-refractivity contribution >= 4 is 23.2 Å². The molecule has 4 aromatic rings. The van der Waals surface area contributed by atoms with Crippen LogP contribution in [0.25, 0.3) is 5.57 Å². The fourth-order valence-corrected chi connectivity index (χ4v) is 8.50. The molecule has 0 aliphatic carbocycles. The number of ether oxygens (including phenoxy) is 1. The Morgan fingerprint density at radius 2 is 1.51 bits per heavy atom. The number of aromatic nitrogens is 1. The first-order valence-corrected chi connectivity index (χ1v) is 16.5. The molecule has 1 aromatic heterocycles. The van der Waals surface area contributed by atoms with Crippen molar-refractivity contribution in [2.75, 3.05) is 31.1 Å². The zero-order valence-corrected chi connectivity index (χ0v) is 25.8. The largest absolute Gasteiger partial charge is 0.492 e. The zero-order valence-electron chi connectivity index (χ0n) is 25.8. The third kappa shape index (κ3) is 4.20. The average molecular weight is 633 g/mol. The normalized spacial score (nSPS) is 17.2. The second kappa shape index (κ2) is 10.4. The van der Waals surface area contributed by atoms with Crippen molar-refractivity contribution in [2.24, 2.45) is 0 Å². The van der Waals surface area contributed by atoms with Crippen LogP contribution >= 0.6 is 0 Å². The molecule has 47 heavy (non-hydrogen) atoms. The predicted molar refractivity (Wildman–Crippen MR) is 172 cm³/mol. The van der Waals surface area contributed by atoms with Crippen LogP contribution < -0.4 is 29.6 Å². The van der Waals surface area contributed by atoms with E-state index in [1.165, 1.54) is 57.6 Å². The number of nitrogens with zero attached hydrogens (tertiary/aromatic N) is 3.